The Hall–Kier alpha value is -1.78. The Morgan fingerprint density at radius 2 is 1.95 bits per heavy atom. The molecule has 114 valence electrons. The third-order valence-corrected chi connectivity index (χ3v) is 2.28. The average molecular weight is 283 g/mol. The van der Waals surface area contributed by atoms with E-state index in [9.17, 15) is 14.7 Å². The van der Waals surface area contributed by atoms with Crippen LogP contribution >= 0.6 is 0 Å². The highest BCUT2D eigenvalue weighted by atomic mass is 16.6. The van der Waals surface area contributed by atoms with Gasteiger partial charge in [0, 0.05) is 6.42 Å². The molecule has 1 atom stereocenters. The largest absolute Gasteiger partial charge is 0.480 e. The van der Waals surface area contributed by atoms with Gasteiger partial charge in [0.15, 0.2) is 0 Å². The lowest BCUT2D eigenvalue weighted by molar-refractivity contribution is -0.139. The van der Waals surface area contributed by atoms with Crippen molar-refractivity contribution < 1.29 is 19.4 Å². The predicted octanol–water partition coefficient (Wildman–Crippen LogP) is 3.27. The van der Waals surface area contributed by atoms with Crippen LogP contribution in [0.15, 0.2) is 23.8 Å². The van der Waals surface area contributed by atoms with Gasteiger partial charge in [-0.25, -0.2) is 9.59 Å². The maximum atomic E-state index is 11.6. The lowest BCUT2D eigenvalue weighted by Gasteiger charge is -2.22. The molecular formula is C15H25NO4. The molecule has 0 unspecified atom stereocenters. The Labute approximate surface area is 120 Å². The first-order valence-corrected chi connectivity index (χ1v) is 6.73. The van der Waals surface area contributed by atoms with Gasteiger partial charge in [-0.15, -0.1) is 0 Å². The second kappa shape index (κ2) is 8.40. The van der Waals surface area contributed by atoms with Gasteiger partial charge in [-0.05, 0) is 39.7 Å². The van der Waals surface area contributed by atoms with E-state index in [0.29, 0.717) is 0 Å². The van der Waals surface area contributed by atoms with E-state index in [1.54, 1.807) is 20.8 Å². The lowest BCUT2D eigenvalue weighted by atomic mass is 10.0. The molecule has 0 saturated carbocycles. The van der Waals surface area contributed by atoms with Crippen LogP contribution in [0.5, 0.6) is 0 Å². The molecule has 1 amide bonds. The van der Waals surface area contributed by atoms with Crippen LogP contribution in [-0.4, -0.2) is 28.8 Å². The van der Waals surface area contributed by atoms with Crippen LogP contribution in [0, 0.1) is 0 Å². The molecule has 0 heterocycles. The first-order valence-electron chi connectivity index (χ1n) is 6.73. The van der Waals surface area contributed by atoms with Gasteiger partial charge in [-0.2, -0.15) is 0 Å². The Balaban J connectivity index is 4.78. The number of alkyl carbamates (subject to hydrolysis) is 1. The van der Waals surface area contributed by atoms with Gasteiger partial charge < -0.3 is 15.2 Å². The zero-order valence-corrected chi connectivity index (χ0v) is 12.9. The first-order chi connectivity index (χ1) is 9.19. The molecular weight excluding hydrogens is 258 g/mol. The maximum absolute atomic E-state index is 11.6. The van der Waals surface area contributed by atoms with Gasteiger partial charge in [-0.3, -0.25) is 0 Å². The number of ether oxygens (including phenoxy) is 1. The number of carbonyl (C=O) groups is 2. The second-order valence-electron chi connectivity index (χ2n) is 5.43. The third-order valence-electron chi connectivity index (χ3n) is 2.28. The van der Waals surface area contributed by atoms with E-state index in [1.807, 2.05) is 32.1 Å². The molecule has 5 nitrogen and oxygen atoms in total. The summed E-state index contributed by atoms with van der Waals surface area (Å²) in [6.07, 6.45) is 5.93. The van der Waals surface area contributed by atoms with E-state index in [2.05, 4.69) is 5.32 Å². The van der Waals surface area contributed by atoms with E-state index in [0.717, 1.165) is 12.0 Å². The van der Waals surface area contributed by atoms with Crippen LogP contribution in [-0.2, 0) is 9.53 Å². The van der Waals surface area contributed by atoms with E-state index in [4.69, 9.17) is 4.74 Å². The molecule has 0 aromatic heterocycles. The van der Waals surface area contributed by atoms with Crippen molar-refractivity contribution in [3.05, 3.63) is 23.8 Å². The number of carboxylic acids is 1. The van der Waals surface area contributed by atoms with E-state index >= 15 is 0 Å². The zero-order chi connectivity index (χ0) is 15.8. The molecule has 0 radical (unpaired) electrons. The molecule has 0 spiro atoms. The average Bonchev–Trinajstić information content (AvgIpc) is 2.25. The van der Waals surface area contributed by atoms with Crippen molar-refractivity contribution in [1.29, 1.82) is 0 Å². The van der Waals surface area contributed by atoms with Gasteiger partial charge >= 0.3 is 12.1 Å². The maximum Gasteiger partial charge on any atom is 0.408 e. The summed E-state index contributed by atoms with van der Waals surface area (Å²) >= 11 is 0. The minimum Gasteiger partial charge on any atom is -0.480 e. The Bertz CT molecular complexity index is 391. The zero-order valence-electron chi connectivity index (χ0n) is 12.9. The molecule has 0 rings (SSSR count). The fourth-order valence-electron chi connectivity index (χ4n) is 1.58. The minimum absolute atomic E-state index is 0.229. The Morgan fingerprint density at radius 1 is 1.35 bits per heavy atom. The monoisotopic (exact) mass is 283 g/mol. The Morgan fingerprint density at radius 3 is 2.35 bits per heavy atom. The molecule has 0 aliphatic heterocycles. The minimum atomic E-state index is -1.08. The molecule has 2 N–H and O–H groups in total. The SMILES string of the molecule is C/C=C\C(=C/CC)C[C@H](NC(=O)OC(C)(C)C)C(=O)O. The van der Waals surface area contributed by atoms with Crippen LogP contribution in [0.1, 0.15) is 47.5 Å². The van der Waals surface area contributed by atoms with Crippen LogP contribution in [0.4, 0.5) is 4.79 Å². The number of amides is 1. The summed E-state index contributed by atoms with van der Waals surface area (Å²) in [6.45, 7) is 9.01. The van der Waals surface area contributed by atoms with Crippen molar-refractivity contribution in [2.75, 3.05) is 0 Å². The van der Waals surface area contributed by atoms with Crippen molar-refractivity contribution in [1.82, 2.24) is 5.32 Å². The lowest BCUT2D eigenvalue weighted by Crippen LogP contribution is -2.43. The smallest absolute Gasteiger partial charge is 0.408 e. The van der Waals surface area contributed by atoms with Crippen molar-refractivity contribution in [3.63, 3.8) is 0 Å². The summed E-state index contributed by atoms with van der Waals surface area (Å²) < 4.78 is 5.07. The first kappa shape index (κ1) is 18.2. The normalized spacial score (nSPS) is 14.2. The third kappa shape index (κ3) is 8.34. The molecule has 0 bridgehead atoms. The van der Waals surface area contributed by atoms with Crippen LogP contribution in [0.2, 0.25) is 0 Å². The quantitative estimate of drug-likeness (QED) is 0.734. The Kier molecular flexibility index (Phi) is 7.65. The van der Waals surface area contributed by atoms with Crippen LogP contribution in [0.3, 0.4) is 0 Å². The van der Waals surface area contributed by atoms with Crippen molar-refractivity contribution in [2.24, 2.45) is 0 Å². The highest BCUT2D eigenvalue weighted by Gasteiger charge is 2.24. The summed E-state index contributed by atoms with van der Waals surface area (Å²) in [5.41, 5.74) is 0.219. The molecule has 0 aliphatic carbocycles. The highest BCUT2D eigenvalue weighted by Crippen LogP contribution is 2.11. The van der Waals surface area contributed by atoms with Crippen LogP contribution < -0.4 is 5.32 Å². The fraction of sp³-hybridized carbons (Fsp3) is 0.600. The van der Waals surface area contributed by atoms with Gasteiger partial charge in [0.05, 0.1) is 0 Å². The number of hydrogen-bond donors (Lipinski definition) is 2. The molecule has 5 heteroatoms. The number of aliphatic carboxylic acids is 1. The van der Waals surface area contributed by atoms with E-state index < -0.39 is 23.7 Å². The topological polar surface area (TPSA) is 75.6 Å². The number of carboxylic acid groups (broad SMARTS) is 1. The van der Waals surface area contributed by atoms with Gasteiger partial charge in [0.2, 0.25) is 0 Å². The second-order valence-corrected chi connectivity index (χ2v) is 5.43. The van der Waals surface area contributed by atoms with Crippen LogP contribution in [0.25, 0.3) is 0 Å². The summed E-state index contributed by atoms with van der Waals surface area (Å²) in [6, 6.07) is -1.00. The molecule has 20 heavy (non-hydrogen) atoms. The summed E-state index contributed by atoms with van der Waals surface area (Å²) in [5.74, 6) is -1.08. The molecule has 0 aromatic rings. The number of allylic oxidation sites excluding steroid dienone is 3. The standard InChI is InChI=1S/C15H25NO4/c1-6-8-11(9-7-2)10-12(13(17)18)16-14(19)20-15(3,4)5/h6,8-9,12H,7,10H2,1-5H3,(H,16,19)(H,17,18)/b8-6-,11-9+/t12-/m0/s1. The molecule has 0 aromatic carbocycles. The summed E-state index contributed by atoms with van der Waals surface area (Å²) in [4.78, 5) is 22.9. The van der Waals surface area contributed by atoms with E-state index in [1.165, 1.54) is 0 Å². The van der Waals surface area contributed by atoms with Gasteiger partial charge in [-0.1, -0.05) is 25.2 Å². The number of carbonyl (C=O) groups excluding carboxylic acids is 1. The number of rotatable bonds is 6. The van der Waals surface area contributed by atoms with Gasteiger partial charge in [0.1, 0.15) is 11.6 Å². The number of hydrogen-bond acceptors (Lipinski definition) is 3. The van der Waals surface area contributed by atoms with E-state index in [-0.39, 0.29) is 6.42 Å². The molecule has 0 aliphatic rings. The van der Waals surface area contributed by atoms with Crippen molar-refractivity contribution >= 4 is 12.1 Å². The summed E-state index contributed by atoms with van der Waals surface area (Å²) in [5, 5.41) is 11.6. The molecule has 0 fully saturated rings. The van der Waals surface area contributed by atoms with Crippen molar-refractivity contribution in [2.45, 2.75) is 59.1 Å². The molecule has 0 saturated heterocycles. The predicted molar refractivity (Wildman–Crippen MR) is 78.6 cm³/mol. The highest BCUT2D eigenvalue weighted by molar-refractivity contribution is 5.80. The van der Waals surface area contributed by atoms with Gasteiger partial charge in [0.25, 0.3) is 0 Å². The van der Waals surface area contributed by atoms with Crippen molar-refractivity contribution in [3.8, 4) is 0 Å². The summed E-state index contributed by atoms with van der Waals surface area (Å²) in [7, 11) is 0. The number of nitrogens with one attached hydrogen (secondary N) is 1. The fourth-order valence-corrected chi connectivity index (χ4v) is 1.58.